The second kappa shape index (κ2) is 8.42. The van der Waals surface area contributed by atoms with Gasteiger partial charge in [-0.1, -0.05) is 37.3 Å². The van der Waals surface area contributed by atoms with E-state index in [-0.39, 0.29) is 6.54 Å². The molecule has 21 heavy (non-hydrogen) atoms. The van der Waals surface area contributed by atoms with Crippen LogP contribution in [0.2, 0.25) is 0 Å². The molecule has 1 rings (SSSR count). The van der Waals surface area contributed by atoms with Crippen molar-refractivity contribution in [3.63, 3.8) is 0 Å². The van der Waals surface area contributed by atoms with Gasteiger partial charge < -0.3 is 15.7 Å². The summed E-state index contributed by atoms with van der Waals surface area (Å²) in [6.07, 6.45) is 1.99. The zero-order valence-electron chi connectivity index (χ0n) is 12.7. The van der Waals surface area contributed by atoms with E-state index in [0.29, 0.717) is 19.4 Å². The lowest BCUT2D eigenvalue weighted by Gasteiger charge is -2.23. The van der Waals surface area contributed by atoms with Crippen LogP contribution in [0.25, 0.3) is 0 Å². The third-order valence-corrected chi connectivity index (χ3v) is 3.17. The van der Waals surface area contributed by atoms with E-state index in [4.69, 9.17) is 0 Å². The largest absolute Gasteiger partial charge is 0.388 e. The summed E-state index contributed by atoms with van der Waals surface area (Å²) in [5, 5.41) is 15.2. The number of aryl methyl sites for hydroxylation is 1. The van der Waals surface area contributed by atoms with E-state index in [1.54, 1.807) is 6.92 Å². The molecule has 0 aliphatic rings. The van der Waals surface area contributed by atoms with Crippen LogP contribution in [0.3, 0.4) is 0 Å². The predicted molar refractivity (Wildman–Crippen MR) is 81.7 cm³/mol. The zero-order valence-corrected chi connectivity index (χ0v) is 12.7. The molecule has 0 aliphatic carbocycles. The van der Waals surface area contributed by atoms with E-state index >= 15 is 0 Å². The van der Waals surface area contributed by atoms with Crippen molar-refractivity contribution in [3.05, 3.63) is 35.9 Å². The molecule has 5 nitrogen and oxygen atoms in total. The topological polar surface area (TPSA) is 78.4 Å². The van der Waals surface area contributed by atoms with Gasteiger partial charge in [0.15, 0.2) is 0 Å². The lowest BCUT2D eigenvalue weighted by Crippen LogP contribution is -2.46. The van der Waals surface area contributed by atoms with E-state index in [1.165, 1.54) is 0 Å². The van der Waals surface area contributed by atoms with E-state index in [0.717, 1.165) is 12.0 Å². The van der Waals surface area contributed by atoms with Crippen LogP contribution in [0, 0.1) is 0 Å². The Morgan fingerprint density at radius 3 is 2.38 bits per heavy atom. The molecule has 1 unspecified atom stereocenters. The quantitative estimate of drug-likeness (QED) is 0.656. The molecule has 1 atom stereocenters. The van der Waals surface area contributed by atoms with E-state index < -0.39 is 17.4 Å². The molecule has 3 N–H and O–H groups in total. The molecule has 0 aliphatic heterocycles. The number of hydrogen-bond donors (Lipinski definition) is 3. The maximum absolute atomic E-state index is 11.5. The minimum atomic E-state index is -1.05. The molecule has 0 heterocycles. The molecule has 2 amide bonds. The van der Waals surface area contributed by atoms with Crippen LogP contribution >= 0.6 is 0 Å². The van der Waals surface area contributed by atoms with Crippen molar-refractivity contribution in [2.24, 2.45) is 0 Å². The molecule has 0 saturated heterocycles. The van der Waals surface area contributed by atoms with Crippen LogP contribution in [0.5, 0.6) is 0 Å². The van der Waals surface area contributed by atoms with Crippen molar-refractivity contribution in [1.29, 1.82) is 0 Å². The smallest absolute Gasteiger partial charge is 0.309 e. The number of benzene rings is 1. The molecule has 0 spiro atoms. The first-order valence-corrected chi connectivity index (χ1v) is 7.27. The summed E-state index contributed by atoms with van der Waals surface area (Å²) in [6, 6.07) is 9.82. The zero-order chi connectivity index (χ0) is 15.7. The average molecular weight is 292 g/mol. The van der Waals surface area contributed by atoms with Crippen LogP contribution in [0.15, 0.2) is 30.3 Å². The van der Waals surface area contributed by atoms with Crippen LogP contribution in [0.1, 0.15) is 32.3 Å². The Morgan fingerprint density at radius 1 is 1.14 bits per heavy atom. The number of aliphatic hydroxyl groups is 1. The van der Waals surface area contributed by atoms with Gasteiger partial charge in [-0.25, -0.2) is 0 Å². The fraction of sp³-hybridized carbons (Fsp3) is 0.500. The lowest BCUT2D eigenvalue weighted by molar-refractivity contribution is -0.139. The van der Waals surface area contributed by atoms with Crippen molar-refractivity contribution in [3.8, 4) is 0 Å². The number of nitrogens with one attached hydrogen (secondary N) is 2. The summed E-state index contributed by atoms with van der Waals surface area (Å²) in [5.74, 6) is -1.36. The highest BCUT2D eigenvalue weighted by atomic mass is 16.3. The summed E-state index contributed by atoms with van der Waals surface area (Å²) < 4.78 is 0. The van der Waals surface area contributed by atoms with Gasteiger partial charge in [0, 0.05) is 13.1 Å². The lowest BCUT2D eigenvalue weighted by atomic mass is 9.97. The molecule has 0 radical (unpaired) electrons. The first-order valence-electron chi connectivity index (χ1n) is 7.27. The number of amides is 2. The van der Waals surface area contributed by atoms with E-state index in [9.17, 15) is 14.7 Å². The Labute approximate surface area is 125 Å². The Morgan fingerprint density at radius 2 is 1.76 bits per heavy atom. The highest BCUT2D eigenvalue weighted by molar-refractivity contribution is 6.35. The van der Waals surface area contributed by atoms with Crippen molar-refractivity contribution in [1.82, 2.24) is 10.6 Å². The number of rotatable bonds is 7. The summed E-state index contributed by atoms with van der Waals surface area (Å²) in [4.78, 5) is 22.9. The Kier molecular flexibility index (Phi) is 6.88. The van der Waals surface area contributed by atoms with Gasteiger partial charge in [-0.2, -0.15) is 0 Å². The van der Waals surface area contributed by atoms with Crippen molar-refractivity contribution in [2.45, 2.75) is 38.7 Å². The number of hydrogen-bond acceptors (Lipinski definition) is 3. The molecule has 0 saturated carbocycles. The second-order valence-electron chi connectivity index (χ2n) is 5.42. The molecule has 5 heteroatoms. The first kappa shape index (κ1) is 17.2. The number of carbonyl (C=O) groups is 2. The van der Waals surface area contributed by atoms with E-state index in [1.807, 2.05) is 37.3 Å². The Balaban J connectivity index is 2.35. The molecule has 0 aromatic heterocycles. The van der Waals surface area contributed by atoms with Crippen LogP contribution in [-0.4, -0.2) is 35.6 Å². The molecule has 1 aromatic rings. The minimum Gasteiger partial charge on any atom is -0.388 e. The number of carbonyl (C=O) groups excluding carboxylic acids is 2. The fourth-order valence-corrected chi connectivity index (χ4v) is 1.82. The minimum absolute atomic E-state index is 0.0538. The average Bonchev–Trinajstić information content (AvgIpc) is 2.49. The van der Waals surface area contributed by atoms with Gasteiger partial charge in [-0.3, -0.25) is 9.59 Å². The molecule has 0 bridgehead atoms. The van der Waals surface area contributed by atoms with Gasteiger partial charge in [0.2, 0.25) is 0 Å². The fourth-order valence-electron chi connectivity index (χ4n) is 1.82. The first-order chi connectivity index (χ1) is 9.94. The van der Waals surface area contributed by atoms with Crippen LogP contribution in [0.4, 0.5) is 0 Å². The van der Waals surface area contributed by atoms with Gasteiger partial charge in [0.05, 0.1) is 5.60 Å². The van der Waals surface area contributed by atoms with Crippen LogP contribution < -0.4 is 10.6 Å². The van der Waals surface area contributed by atoms with Crippen LogP contribution in [-0.2, 0) is 16.0 Å². The summed E-state index contributed by atoms with van der Waals surface area (Å²) in [5.41, 5.74) is 0.0843. The molecular weight excluding hydrogens is 268 g/mol. The normalized spacial score (nSPS) is 13.3. The maximum Gasteiger partial charge on any atom is 0.309 e. The SMILES string of the molecule is CCCNC(=O)C(=O)NCC(C)(O)CCc1ccccc1. The standard InChI is InChI=1S/C16H24N2O3/c1-3-11-17-14(19)15(20)18-12-16(2,21)10-9-13-7-5-4-6-8-13/h4-8,21H,3,9-12H2,1-2H3,(H,17,19)(H,18,20). The Hall–Kier alpha value is -1.88. The second-order valence-corrected chi connectivity index (χ2v) is 5.42. The highest BCUT2D eigenvalue weighted by Gasteiger charge is 2.22. The van der Waals surface area contributed by atoms with Gasteiger partial charge in [0.25, 0.3) is 0 Å². The van der Waals surface area contributed by atoms with Gasteiger partial charge in [-0.05, 0) is 31.7 Å². The van der Waals surface area contributed by atoms with Gasteiger partial charge >= 0.3 is 11.8 Å². The third kappa shape index (κ3) is 6.90. The summed E-state index contributed by atoms with van der Waals surface area (Å²) in [6.45, 7) is 4.08. The summed E-state index contributed by atoms with van der Waals surface area (Å²) in [7, 11) is 0. The predicted octanol–water partition coefficient (Wildman–Crippen LogP) is 1.01. The Bertz CT molecular complexity index is 458. The monoisotopic (exact) mass is 292 g/mol. The third-order valence-electron chi connectivity index (χ3n) is 3.17. The van der Waals surface area contributed by atoms with E-state index in [2.05, 4.69) is 10.6 Å². The maximum atomic E-state index is 11.5. The molecule has 0 fully saturated rings. The van der Waals surface area contributed by atoms with Crippen molar-refractivity contribution in [2.75, 3.05) is 13.1 Å². The highest BCUT2D eigenvalue weighted by Crippen LogP contribution is 2.13. The van der Waals surface area contributed by atoms with Gasteiger partial charge in [-0.15, -0.1) is 0 Å². The van der Waals surface area contributed by atoms with Crippen molar-refractivity contribution < 1.29 is 14.7 Å². The van der Waals surface area contributed by atoms with Crippen molar-refractivity contribution >= 4 is 11.8 Å². The van der Waals surface area contributed by atoms with Gasteiger partial charge in [0.1, 0.15) is 0 Å². The summed E-state index contributed by atoms with van der Waals surface area (Å²) >= 11 is 0. The molecule has 1 aromatic carbocycles. The molecular formula is C16H24N2O3. The molecule has 116 valence electrons.